The Morgan fingerprint density at radius 3 is 2.00 bits per heavy atom. The molecule has 1 fully saturated rings. The topological polar surface area (TPSA) is 46.2 Å². The molecule has 0 spiro atoms. The predicted octanol–water partition coefficient (Wildman–Crippen LogP) is 2.57. The maximum atomic E-state index is 12.3. The van der Waals surface area contributed by atoms with Gasteiger partial charge in [-0.05, 0) is 12.8 Å². The van der Waals surface area contributed by atoms with Gasteiger partial charge in [0.15, 0.2) is 5.78 Å². The number of carbonyl (C=O) groups is 2. The fourth-order valence-electron chi connectivity index (χ4n) is 2.22. The van der Waals surface area contributed by atoms with Gasteiger partial charge in [-0.1, -0.05) is 25.7 Å². The van der Waals surface area contributed by atoms with E-state index in [9.17, 15) is 22.8 Å². The molecule has 0 atom stereocenters. The van der Waals surface area contributed by atoms with Crippen LogP contribution in [0, 0.1) is 0 Å². The average molecular weight is 286 g/mol. The Bertz CT molecular complexity index is 321. The Morgan fingerprint density at radius 2 is 1.61 bits per heavy atom. The van der Waals surface area contributed by atoms with Crippen molar-refractivity contribution in [1.29, 1.82) is 0 Å². The molecule has 0 radical (unpaired) electrons. The molecule has 0 aliphatic heterocycles. The predicted molar refractivity (Wildman–Crippen MR) is 60.4 cm³/mol. The number of ketones is 1. The van der Waals surface area contributed by atoms with E-state index in [2.05, 4.69) is 0 Å². The zero-order chi connectivity index (χ0) is 13.8. The van der Waals surface area contributed by atoms with Crippen LogP contribution < -0.4 is 5.32 Å². The summed E-state index contributed by atoms with van der Waals surface area (Å²) in [5.74, 6) is -3.00. The van der Waals surface area contributed by atoms with Crippen LogP contribution in [0.1, 0.15) is 38.5 Å². The molecule has 0 bridgehead atoms. The third-order valence-electron chi connectivity index (χ3n) is 3.22. The van der Waals surface area contributed by atoms with Crippen molar-refractivity contribution in [3.8, 4) is 0 Å². The van der Waals surface area contributed by atoms with Crippen molar-refractivity contribution in [2.24, 2.45) is 0 Å². The first kappa shape index (κ1) is 15.3. The normalized spacial score (nSPS) is 20.0. The molecule has 18 heavy (non-hydrogen) atoms. The van der Waals surface area contributed by atoms with Gasteiger partial charge in [0.2, 0.25) is 0 Å². The van der Waals surface area contributed by atoms with Crippen LogP contribution in [0.3, 0.4) is 0 Å². The second-order valence-corrected chi connectivity index (χ2v) is 4.77. The number of carbonyl (C=O) groups excluding carboxylic acids is 2. The lowest BCUT2D eigenvalue weighted by atomic mass is 9.86. The van der Waals surface area contributed by atoms with Gasteiger partial charge >= 0.3 is 12.1 Å². The van der Waals surface area contributed by atoms with Crippen LogP contribution in [-0.4, -0.2) is 29.3 Å². The van der Waals surface area contributed by atoms with E-state index in [1.165, 1.54) is 0 Å². The summed E-state index contributed by atoms with van der Waals surface area (Å²) in [7, 11) is 0. The average Bonchev–Trinajstić information content (AvgIpc) is 2.53. The number of rotatable bonds is 3. The highest BCUT2D eigenvalue weighted by molar-refractivity contribution is 6.29. The minimum Gasteiger partial charge on any atom is -0.336 e. The summed E-state index contributed by atoms with van der Waals surface area (Å²) in [6, 6.07) is 0. The van der Waals surface area contributed by atoms with E-state index >= 15 is 0 Å². The Hall–Kier alpha value is -0.780. The molecule has 1 saturated carbocycles. The van der Waals surface area contributed by atoms with Crippen LogP contribution in [0.25, 0.3) is 0 Å². The monoisotopic (exact) mass is 285 g/mol. The molecule has 0 saturated heterocycles. The fourth-order valence-corrected chi connectivity index (χ4v) is 2.48. The number of nitrogens with one attached hydrogen (secondary N) is 1. The highest BCUT2D eigenvalue weighted by Gasteiger charge is 2.46. The number of Topliss-reactive ketones (excluding diaryl/α,β-unsaturated/α-hetero) is 1. The van der Waals surface area contributed by atoms with Gasteiger partial charge in [-0.15, -0.1) is 11.6 Å². The summed E-state index contributed by atoms with van der Waals surface area (Å²) in [5, 5.41) is 1.87. The molecular formula is C11H15ClF3NO2. The van der Waals surface area contributed by atoms with Gasteiger partial charge in [-0.25, -0.2) is 0 Å². The van der Waals surface area contributed by atoms with Crippen LogP contribution in [-0.2, 0) is 9.59 Å². The van der Waals surface area contributed by atoms with E-state index in [1.54, 1.807) is 0 Å². The first-order valence-corrected chi connectivity index (χ1v) is 6.34. The SMILES string of the molecule is O=C(NC1(C(=O)CCl)CCCCCC1)C(F)(F)F. The van der Waals surface area contributed by atoms with Gasteiger partial charge < -0.3 is 5.32 Å². The van der Waals surface area contributed by atoms with Crippen LogP contribution in [0.2, 0.25) is 0 Å². The number of halogens is 4. The summed E-state index contributed by atoms with van der Waals surface area (Å²) in [6.07, 6.45) is -1.62. The first-order valence-electron chi connectivity index (χ1n) is 5.80. The molecule has 1 aliphatic rings. The molecular weight excluding hydrogens is 271 g/mol. The lowest BCUT2D eigenvalue weighted by molar-refractivity contribution is -0.176. The quantitative estimate of drug-likeness (QED) is 0.640. The van der Waals surface area contributed by atoms with Crippen molar-refractivity contribution in [3.05, 3.63) is 0 Å². The van der Waals surface area contributed by atoms with Crippen LogP contribution >= 0.6 is 11.6 Å². The zero-order valence-corrected chi connectivity index (χ0v) is 10.5. The van der Waals surface area contributed by atoms with Gasteiger partial charge in [-0.3, -0.25) is 9.59 Å². The van der Waals surface area contributed by atoms with Crippen molar-refractivity contribution < 1.29 is 22.8 Å². The lowest BCUT2D eigenvalue weighted by Crippen LogP contribution is -2.57. The minimum absolute atomic E-state index is 0.223. The molecule has 7 heteroatoms. The zero-order valence-electron chi connectivity index (χ0n) is 9.78. The molecule has 0 aromatic rings. The standard InChI is InChI=1S/C11H15ClF3NO2/c12-7-8(17)10(5-3-1-2-4-6-10)16-9(18)11(13,14)15/h1-7H2,(H,16,18). The Morgan fingerprint density at radius 1 is 1.11 bits per heavy atom. The molecule has 0 unspecified atom stereocenters. The molecule has 0 aromatic carbocycles. The van der Waals surface area contributed by atoms with Gasteiger partial charge in [0.05, 0.1) is 5.88 Å². The molecule has 1 N–H and O–H groups in total. The van der Waals surface area contributed by atoms with Gasteiger partial charge in [0, 0.05) is 0 Å². The van der Waals surface area contributed by atoms with Gasteiger partial charge in [0.25, 0.3) is 0 Å². The Labute approximate surface area is 108 Å². The summed E-state index contributed by atoms with van der Waals surface area (Å²) in [5.41, 5.74) is -1.44. The van der Waals surface area contributed by atoms with E-state index in [-0.39, 0.29) is 12.8 Å². The summed E-state index contributed by atoms with van der Waals surface area (Å²) >= 11 is 5.44. The smallest absolute Gasteiger partial charge is 0.336 e. The summed E-state index contributed by atoms with van der Waals surface area (Å²) < 4.78 is 36.9. The van der Waals surface area contributed by atoms with Crippen molar-refractivity contribution in [2.45, 2.75) is 50.2 Å². The van der Waals surface area contributed by atoms with Crippen LogP contribution in [0.15, 0.2) is 0 Å². The number of hydrogen-bond acceptors (Lipinski definition) is 2. The van der Waals surface area contributed by atoms with E-state index in [4.69, 9.17) is 11.6 Å². The summed E-state index contributed by atoms with van der Waals surface area (Å²) in [6.45, 7) is 0. The molecule has 0 heterocycles. The second kappa shape index (κ2) is 5.91. The van der Waals surface area contributed by atoms with Gasteiger partial charge in [0.1, 0.15) is 5.54 Å². The Kier molecular flexibility index (Phi) is 5.01. The van der Waals surface area contributed by atoms with Crippen molar-refractivity contribution in [3.63, 3.8) is 0 Å². The molecule has 1 rings (SSSR count). The fraction of sp³-hybridized carbons (Fsp3) is 0.818. The maximum absolute atomic E-state index is 12.3. The number of alkyl halides is 4. The third kappa shape index (κ3) is 3.60. The largest absolute Gasteiger partial charge is 0.471 e. The van der Waals surface area contributed by atoms with E-state index in [0.29, 0.717) is 12.8 Å². The number of amides is 1. The van der Waals surface area contributed by atoms with E-state index in [0.717, 1.165) is 12.8 Å². The van der Waals surface area contributed by atoms with Crippen molar-refractivity contribution in [2.75, 3.05) is 5.88 Å². The minimum atomic E-state index is -4.98. The Balaban J connectivity index is 2.90. The van der Waals surface area contributed by atoms with E-state index < -0.39 is 29.3 Å². The van der Waals surface area contributed by atoms with Crippen molar-refractivity contribution in [1.82, 2.24) is 5.32 Å². The molecule has 104 valence electrons. The molecule has 1 aliphatic carbocycles. The highest BCUT2D eigenvalue weighted by atomic mass is 35.5. The second-order valence-electron chi connectivity index (χ2n) is 4.51. The molecule has 1 amide bonds. The highest BCUT2D eigenvalue weighted by Crippen LogP contribution is 2.30. The van der Waals surface area contributed by atoms with E-state index in [1.807, 2.05) is 5.32 Å². The van der Waals surface area contributed by atoms with Gasteiger partial charge in [-0.2, -0.15) is 13.2 Å². The maximum Gasteiger partial charge on any atom is 0.471 e. The van der Waals surface area contributed by atoms with Crippen molar-refractivity contribution >= 4 is 23.3 Å². The third-order valence-corrected chi connectivity index (χ3v) is 3.47. The molecule has 3 nitrogen and oxygen atoms in total. The first-order chi connectivity index (χ1) is 8.32. The lowest BCUT2D eigenvalue weighted by Gasteiger charge is -2.32. The summed E-state index contributed by atoms with van der Waals surface area (Å²) in [4.78, 5) is 22.8. The molecule has 0 aromatic heterocycles. The van der Waals surface area contributed by atoms with Crippen LogP contribution in [0.4, 0.5) is 13.2 Å². The van der Waals surface area contributed by atoms with Crippen LogP contribution in [0.5, 0.6) is 0 Å². The number of hydrogen-bond donors (Lipinski definition) is 1.